The molecule has 3 heterocycles. The number of hydrogen-bond acceptors (Lipinski definition) is 6. The van der Waals surface area contributed by atoms with Gasteiger partial charge in [-0.15, -0.1) is 5.10 Å². The molecule has 1 aliphatic rings. The van der Waals surface area contributed by atoms with Crippen LogP contribution in [0.4, 0.5) is 0 Å². The molecule has 22 heavy (non-hydrogen) atoms. The molecule has 3 aromatic rings. The van der Waals surface area contributed by atoms with Crippen molar-refractivity contribution in [2.75, 3.05) is 0 Å². The number of pyridine rings is 1. The molecule has 0 spiro atoms. The highest BCUT2D eigenvalue weighted by molar-refractivity contribution is 7.98. The topological polar surface area (TPSA) is 78.0 Å². The molecule has 112 valence electrons. The summed E-state index contributed by atoms with van der Waals surface area (Å²) in [7, 11) is 0. The van der Waals surface area contributed by atoms with Gasteiger partial charge in [-0.1, -0.05) is 17.8 Å². The fraction of sp³-hybridized carbons (Fsp3) is 0.357. The number of aromatic nitrogens is 6. The number of thioether (sulfide) groups is 1. The van der Waals surface area contributed by atoms with Crippen LogP contribution in [0.1, 0.15) is 30.1 Å². The van der Waals surface area contributed by atoms with Gasteiger partial charge in [0.05, 0.1) is 11.7 Å². The second-order valence-electron chi connectivity index (χ2n) is 5.45. The molecule has 1 fully saturated rings. The summed E-state index contributed by atoms with van der Waals surface area (Å²) < 4.78 is 3.43. The van der Waals surface area contributed by atoms with Crippen molar-refractivity contribution in [3.8, 4) is 0 Å². The largest absolute Gasteiger partial charge is 0.269 e. The van der Waals surface area contributed by atoms with Gasteiger partial charge in [0.1, 0.15) is 5.65 Å². The normalized spacial score (nSPS) is 14.6. The minimum atomic E-state index is -0.0638. The summed E-state index contributed by atoms with van der Waals surface area (Å²) in [6.07, 6.45) is 4.07. The Kier molecular flexibility index (Phi) is 3.18. The Morgan fingerprint density at radius 1 is 1.36 bits per heavy atom. The number of nitrogens with zero attached hydrogens (tertiary/aromatic N) is 6. The molecule has 0 amide bonds. The van der Waals surface area contributed by atoms with Gasteiger partial charge in [-0.3, -0.25) is 9.20 Å². The van der Waals surface area contributed by atoms with E-state index in [4.69, 9.17) is 0 Å². The van der Waals surface area contributed by atoms with Crippen molar-refractivity contribution in [3.63, 3.8) is 0 Å². The van der Waals surface area contributed by atoms with Crippen LogP contribution in [0, 0.1) is 6.92 Å². The van der Waals surface area contributed by atoms with Gasteiger partial charge in [-0.25, -0.2) is 9.67 Å². The first-order valence-electron chi connectivity index (χ1n) is 7.10. The molecule has 1 saturated carbocycles. The van der Waals surface area contributed by atoms with Gasteiger partial charge in [0.25, 0.3) is 5.56 Å². The lowest BCUT2D eigenvalue weighted by atomic mass is 10.3. The number of tetrazole rings is 1. The van der Waals surface area contributed by atoms with Gasteiger partial charge in [0.2, 0.25) is 5.16 Å². The van der Waals surface area contributed by atoms with E-state index < -0.39 is 0 Å². The van der Waals surface area contributed by atoms with Crippen LogP contribution >= 0.6 is 11.8 Å². The van der Waals surface area contributed by atoms with Crippen LogP contribution in [0.25, 0.3) is 5.65 Å². The summed E-state index contributed by atoms with van der Waals surface area (Å²) in [5.74, 6) is 0.576. The maximum absolute atomic E-state index is 12.2. The second-order valence-corrected chi connectivity index (χ2v) is 6.39. The first-order chi connectivity index (χ1) is 10.7. The van der Waals surface area contributed by atoms with E-state index in [0.717, 1.165) is 29.3 Å². The molecule has 4 rings (SSSR count). The van der Waals surface area contributed by atoms with Crippen molar-refractivity contribution in [1.82, 2.24) is 29.6 Å². The molecule has 0 bridgehead atoms. The molecule has 0 saturated heterocycles. The van der Waals surface area contributed by atoms with Crippen molar-refractivity contribution in [1.29, 1.82) is 0 Å². The average molecular weight is 314 g/mol. The van der Waals surface area contributed by atoms with Crippen molar-refractivity contribution >= 4 is 17.4 Å². The Balaban J connectivity index is 1.60. The molecular weight excluding hydrogens is 300 g/mol. The van der Waals surface area contributed by atoms with Crippen LogP contribution in [0.2, 0.25) is 0 Å². The molecule has 3 aromatic heterocycles. The smallest absolute Gasteiger partial charge is 0.258 e. The zero-order valence-electron chi connectivity index (χ0n) is 12.0. The van der Waals surface area contributed by atoms with Gasteiger partial charge >= 0.3 is 0 Å². The number of fused-ring (bicyclic) bond motifs is 1. The highest BCUT2D eigenvalue weighted by Gasteiger charge is 2.27. The predicted molar refractivity (Wildman–Crippen MR) is 81.8 cm³/mol. The maximum atomic E-state index is 12.2. The van der Waals surface area contributed by atoms with E-state index in [1.54, 1.807) is 16.7 Å². The van der Waals surface area contributed by atoms with Gasteiger partial charge in [0, 0.05) is 18.0 Å². The monoisotopic (exact) mass is 314 g/mol. The van der Waals surface area contributed by atoms with E-state index in [1.165, 1.54) is 11.8 Å². The number of hydrogen-bond donors (Lipinski definition) is 0. The fourth-order valence-electron chi connectivity index (χ4n) is 2.30. The number of aryl methyl sites for hydroxylation is 1. The van der Waals surface area contributed by atoms with Crippen molar-refractivity contribution in [2.24, 2.45) is 0 Å². The Morgan fingerprint density at radius 2 is 2.23 bits per heavy atom. The molecule has 7 nitrogen and oxygen atoms in total. The number of rotatable bonds is 4. The van der Waals surface area contributed by atoms with E-state index in [9.17, 15) is 4.79 Å². The van der Waals surface area contributed by atoms with Crippen molar-refractivity contribution in [2.45, 2.75) is 36.7 Å². The summed E-state index contributed by atoms with van der Waals surface area (Å²) in [4.78, 5) is 16.7. The van der Waals surface area contributed by atoms with Gasteiger partial charge in [-0.2, -0.15) is 0 Å². The molecule has 0 atom stereocenters. The third kappa shape index (κ3) is 2.50. The summed E-state index contributed by atoms with van der Waals surface area (Å²) >= 11 is 1.51. The zero-order chi connectivity index (χ0) is 15.1. The molecule has 0 unspecified atom stereocenters. The summed E-state index contributed by atoms with van der Waals surface area (Å²) in [5.41, 5.74) is 2.37. The molecule has 8 heteroatoms. The van der Waals surface area contributed by atoms with Crippen LogP contribution in [-0.4, -0.2) is 29.6 Å². The fourth-order valence-corrected chi connectivity index (χ4v) is 3.14. The highest BCUT2D eigenvalue weighted by Crippen LogP contribution is 2.36. The van der Waals surface area contributed by atoms with Crippen LogP contribution in [0.15, 0.2) is 34.3 Å². The Labute approximate surface area is 130 Å². The van der Waals surface area contributed by atoms with Crippen LogP contribution in [-0.2, 0) is 5.75 Å². The zero-order valence-corrected chi connectivity index (χ0v) is 12.8. The molecular formula is C14H14N6OS. The molecule has 0 aliphatic heterocycles. The van der Waals surface area contributed by atoms with E-state index in [1.807, 2.05) is 23.7 Å². The van der Waals surface area contributed by atoms with E-state index >= 15 is 0 Å². The SMILES string of the molecule is Cc1ccc2nc(CSc3nnnn3C3CC3)cc(=O)n2c1. The van der Waals surface area contributed by atoms with Gasteiger partial charge < -0.3 is 0 Å². The Morgan fingerprint density at radius 3 is 3.05 bits per heavy atom. The predicted octanol–water partition coefficient (Wildman–Crippen LogP) is 1.62. The lowest BCUT2D eigenvalue weighted by Gasteiger charge is -2.05. The second kappa shape index (κ2) is 5.20. The molecule has 0 N–H and O–H groups in total. The van der Waals surface area contributed by atoms with Crippen LogP contribution in [0.5, 0.6) is 0 Å². The summed E-state index contributed by atoms with van der Waals surface area (Å²) in [6, 6.07) is 5.83. The standard InChI is InChI=1S/C14H14N6OS/c1-9-2-5-12-15-10(6-13(21)19(12)7-9)8-22-14-16-17-18-20(14)11-3-4-11/h2,5-7,11H,3-4,8H2,1H3. The first kappa shape index (κ1) is 13.4. The quantitative estimate of drug-likeness (QED) is 0.681. The summed E-state index contributed by atoms with van der Waals surface area (Å²) in [5, 5.41) is 12.6. The van der Waals surface area contributed by atoms with Gasteiger partial charge in [-0.05, 0) is 41.8 Å². The maximum Gasteiger partial charge on any atom is 0.258 e. The van der Waals surface area contributed by atoms with Crippen LogP contribution in [0.3, 0.4) is 0 Å². The minimum Gasteiger partial charge on any atom is -0.269 e. The lowest BCUT2D eigenvalue weighted by Crippen LogP contribution is -2.15. The lowest BCUT2D eigenvalue weighted by molar-refractivity contribution is 0.565. The van der Waals surface area contributed by atoms with Crippen LogP contribution < -0.4 is 5.56 Å². The van der Waals surface area contributed by atoms with Crippen molar-refractivity contribution in [3.05, 3.63) is 46.0 Å². The van der Waals surface area contributed by atoms with E-state index in [0.29, 0.717) is 17.4 Å². The van der Waals surface area contributed by atoms with E-state index in [2.05, 4.69) is 20.5 Å². The van der Waals surface area contributed by atoms with E-state index in [-0.39, 0.29) is 5.56 Å². The first-order valence-corrected chi connectivity index (χ1v) is 8.09. The molecule has 1 aliphatic carbocycles. The Hall–Kier alpha value is -2.22. The molecule has 0 aromatic carbocycles. The molecule has 0 radical (unpaired) electrons. The third-order valence-corrected chi connectivity index (χ3v) is 4.53. The highest BCUT2D eigenvalue weighted by atomic mass is 32.2. The van der Waals surface area contributed by atoms with Gasteiger partial charge in [0.15, 0.2) is 0 Å². The average Bonchev–Trinajstić information content (AvgIpc) is 3.24. The summed E-state index contributed by atoms with van der Waals surface area (Å²) in [6.45, 7) is 1.95. The minimum absolute atomic E-state index is 0.0638. The van der Waals surface area contributed by atoms with Crippen molar-refractivity contribution < 1.29 is 0 Å². The third-order valence-electron chi connectivity index (χ3n) is 3.57. The Bertz CT molecular complexity index is 898.